The number of hydrogen-bond donors (Lipinski definition) is 0. The van der Waals surface area contributed by atoms with Crippen molar-refractivity contribution in [2.45, 2.75) is 13.3 Å². The predicted molar refractivity (Wildman–Crippen MR) is 95.7 cm³/mol. The maximum Gasteiger partial charge on any atom is -0.00231 e. The van der Waals surface area contributed by atoms with Gasteiger partial charge in [-0.2, -0.15) is 0 Å². The fraction of sp³-hybridized carbons (Fsp3) is 0.0909. The van der Waals surface area contributed by atoms with Gasteiger partial charge in [-0.05, 0) is 41.2 Å². The molecule has 0 aliphatic rings. The van der Waals surface area contributed by atoms with Gasteiger partial charge in [0.25, 0.3) is 0 Å². The van der Waals surface area contributed by atoms with Crippen LogP contribution in [0.1, 0.15) is 18.1 Å². The van der Waals surface area contributed by atoms with Crippen molar-refractivity contribution in [1.82, 2.24) is 0 Å². The van der Waals surface area contributed by atoms with Gasteiger partial charge >= 0.3 is 0 Å². The van der Waals surface area contributed by atoms with Crippen LogP contribution in [-0.2, 0) is 6.42 Å². The first-order chi connectivity index (χ1) is 10.9. The Kier molecular flexibility index (Phi) is 4.50. The molecule has 0 spiro atoms. The molecular weight excluding hydrogens is 264 g/mol. The Morgan fingerprint density at radius 1 is 0.682 bits per heavy atom. The summed E-state index contributed by atoms with van der Waals surface area (Å²) in [6.07, 6.45) is 3.19. The summed E-state index contributed by atoms with van der Waals surface area (Å²) in [4.78, 5) is 0. The number of rotatable bonds is 4. The number of hydrogen-bond acceptors (Lipinski definition) is 0. The van der Waals surface area contributed by atoms with Gasteiger partial charge in [0.05, 0.1) is 0 Å². The second-order valence-electron chi connectivity index (χ2n) is 5.42. The van der Waals surface area contributed by atoms with Crippen molar-refractivity contribution in [3.05, 3.63) is 102 Å². The third-order valence-electron chi connectivity index (χ3n) is 3.95. The molecule has 3 rings (SSSR count). The van der Waals surface area contributed by atoms with Crippen LogP contribution in [0.3, 0.4) is 0 Å². The Labute approximate surface area is 132 Å². The van der Waals surface area contributed by atoms with Gasteiger partial charge in [0, 0.05) is 0 Å². The monoisotopic (exact) mass is 284 g/mol. The molecule has 0 aliphatic carbocycles. The lowest BCUT2D eigenvalue weighted by atomic mass is 9.96. The molecule has 0 bridgehead atoms. The highest BCUT2D eigenvalue weighted by atomic mass is 14.1. The van der Waals surface area contributed by atoms with Crippen molar-refractivity contribution in [2.24, 2.45) is 0 Å². The minimum Gasteiger partial charge on any atom is -0.0835 e. The highest BCUT2D eigenvalue weighted by Gasteiger charge is 2.03. The molecule has 0 fully saturated rings. The van der Waals surface area contributed by atoms with Crippen molar-refractivity contribution in [1.29, 1.82) is 0 Å². The topological polar surface area (TPSA) is 0 Å². The Bertz CT molecular complexity index is 735. The van der Waals surface area contributed by atoms with Gasteiger partial charge < -0.3 is 0 Å². The molecule has 0 atom stereocenters. The maximum absolute atomic E-state index is 2.22. The van der Waals surface area contributed by atoms with E-state index in [1.807, 2.05) is 0 Å². The van der Waals surface area contributed by atoms with Crippen molar-refractivity contribution in [3.63, 3.8) is 0 Å². The van der Waals surface area contributed by atoms with Crippen LogP contribution in [0.5, 0.6) is 0 Å². The third-order valence-corrected chi connectivity index (χ3v) is 3.95. The Balaban J connectivity index is 1.82. The van der Waals surface area contributed by atoms with Crippen LogP contribution in [0.4, 0.5) is 0 Å². The van der Waals surface area contributed by atoms with E-state index in [4.69, 9.17) is 0 Å². The smallest absolute Gasteiger partial charge is 0.00231 e. The molecule has 0 aromatic heterocycles. The number of allylic oxidation sites excluding steroid dienone is 2. The molecule has 3 aromatic carbocycles. The van der Waals surface area contributed by atoms with Crippen LogP contribution in [0.2, 0.25) is 0 Å². The molecule has 0 nitrogen and oxygen atoms in total. The third kappa shape index (κ3) is 3.35. The molecular formula is C22H20. The first-order valence-electron chi connectivity index (χ1n) is 7.72. The van der Waals surface area contributed by atoms with Gasteiger partial charge in [-0.3, -0.25) is 0 Å². The predicted octanol–water partition coefficient (Wildman–Crippen LogP) is 6.00. The first-order valence-corrected chi connectivity index (χ1v) is 7.72. The van der Waals surface area contributed by atoms with E-state index < -0.39 is 0 Å². The SMILES string of the molecule is C/C=C(\Cc1ccccc1)c1ccc(-c2ccccc2)cc1. The van der Waals surface area contributed by atoms with Gasteiger partial charge in [-0.1, -0.05) is 91.0 Å². The summed E-state index contributed by atoms with van der Waals surface area (Å²) >= 11 is 0. The largest absolute Gasteiger partial charge is 0.0835 e. The second kappa shape index (κ2) is 6.91. The van der Waals surface area contributed by atoms with E-state index in [0.29, 0.717) is 0 Å². The normalized spacial score (nSPS) is 11.4. The molecule has 108 valence electrons. The zero-order chi connectivity index (χ0) is 15.2. The van der Waals surface area contributed by atoms with E-state index in [-0.39, 0.29) is 0 Å². The average Bonchev–Trinajstić information content (AvgIpc) is 2.61. The van der Waals surface area contributed by atoms with Gasteiger partial charge in [0.15, 0.2) is 0 Å². The zero-order valence-corrected chi connectivity index (χ0v) is 12.9. The average molecular weight is 284 g/mol. The summed E-state index contributed by atoms with van der Waals surface area (Å²) in [5.41, 5.74) is 6.54. The second-order valence-corrected chi connectivity index (χ2v) is 5.42. The molecule has 0 N–H and O–H groups in total. The minimum absolute atomic E-state index is 0.974. The first kappa shape index (κ1) is 14.3. The van der Waals surface area contributed by atoms with Crippen LogP contribution < -0.4 is 0 Å². The maximum atomic E-state index is 2.22. The van der Waals surface area contributed by atoms with Crippen LogP contribution in [0.25, 0.3) is 16.7 Å². The lowest BCUT2D eigenvalue weighted by Gasteiger charge is -2.09. The van der Waals surface area contributed by atoms with Crippen LogP contribution in [0.15, 0.2) is 91.0 Å². The molecule has 0 unspecified atom stereocenters. The van der Waals surface area contributed by atoms with Crippen molar-refractivity contribution in [3.8, 4) is 11.1 Å². The lowest BCUT2D eigenvalue weighted by molar-refractivity contribution is 1.27. The van der Waals surface area contributed by atoms with Crippen LogP contribution in [0, 0.1) is 0 Å². The quantitative estimate of drug-likeness (QED) is 0.551. The molecule has 22 heavy (non-hydrogen) atoms. The molecule has 0 saturated heterocycles. The molecule has 0 radical (unpaired) electrons. The standard InChI is InChI=1S/C22H20/c1-2-19(17-18-9-5-3-6-10-18)21-13-15-22(16-14-21)20-11-7-4-8-12-20/h2-16H,17H2,1H3/b19-2+. The summed E-state index contributed by atoms with van der Waals surface area (Å²) in [6, 6.07) is 30.0. The van der Waals surface area contributed by atoms with E-state index in [1.54, 1.807) is 0 Å². The van der Waals surface area contributed by atoms with E-state index in [2.05, 4.69) is 97.9 Å². The van der Waals surface area contributed by atoms with Crippen LogP contribution in [-0.4, -0.2) is 0 Å². The van der Waals surface area contributed by atoms with E-state index in [0.717, 1.165) is 6.42 Å². The summed E-state index contributed by atoms with van der Waals surface area (Å²) < 4.78 is 0. The Morgan fingerprint density at radius 2 is 1.23 bits per heavy atom. The van der Waals surface area contributed by atoms with Crippen molar-refractivity contribution in [2.75, 3.05) is 0 Å². The molecule has 0 saturated carbocycles. The molecule has 3 aromatic rings. The van der Waals surface area contributed by atoms with E-state index in [9.17, 15) is 0 Å². The summed E-state index contributed by atoms with van der Waals surface area (Å²) in [6.45, 7) is 2.11. The highest BCUT2D eigenvalue weighted by Crippen LogP contribution is 2.24. The summed E-state index contributed by atoms with van der Waals surface area (Å²) in [5.74, 6) is 0. The Morgan fingerprint density at radius 3 is 1.82 bits per heavy atom. The van der Waals surface area contributed by atoms with E-state index >= 15 is 0 Å². The Hall–Kier alpha value is -2.60. The molecule has 0 aliphatic heterocycles. The van der Waals surface area contributed by atoms with Crippen molar-refractivity contribution >= 4 is 5.57 Å². The van der Waals surface area contributed by atoms with Gasteiger partial charge in [0.2, 0.25) is 0 Å². The van der Waals surface area contributed by atoms with Crippen molar-refractivity contribution < 1.29 is 0 Å². The zero-order valence-electron chi connectivity index (χ0n) is 12.9. The lowest BCUT2D eigenvalue weighted by Crippen LogP contribution is -1.91. The molecule has 0 heterocycles. The fourth-order valence-corrected chi connectivity index (χ4v) is 2.69. The van der Waals surface area contributed by atoms with Gasteiger partial charge in [-0.25, -0.2) is 0 Å². The van der Waals surface area contributed by atoms with Gasteiger partial charge in [-0.15, -0.1) is 0 Å². The van der Waals surface area contributed by atoms with Crippen LogP contribution >= 0.6 is 0 Å². The minimum atomic E-state index is 0.974. The highest BCUT2D eigenvalue weighted by molar-refractivity contribution is 5.71. The fourth-order valence-electron chi connectivity index (χ4n) is 2.69. The summed E-state index contributed by atoms with van der Waals surface area (Å²) in [7, 11) is 0. The molecule has 0 heteroatoms. The number of benzene rings is 3. The summed E-state index contributed by atoms with van der Waals surface area (Å²) in [5, 5.41) is 0. The molecule has 0 amide bonds. The van der Waals surface area contributed by atoms with E-state index in [1.165, 1.54) is 27.8 Å². The van der Waals surface area contributed by atoms with Gasteiger partial charge in [0.1, 0.15) is 0 Å².